The fourth-order valence-corrected chi connectivity index (χ4v) is 2.17. The summed E-state index contributed by atoms with van der Waals surface area (Å²) < 4.78 is 0. The number of alkyl halides is 1. The molecule has 0 bridgehead atoms. The molecule has 3 heteroatoms. The third-order valence-corrected chi connectivity index (χ3v) is 2.90. The van der Waals surface area contributed by atoms with Crippen LogP contribution in [0.4, 0.5) is 0 Å². The van der Waals surface area contributed by atoms with Crippen molar-refractivity contribution in [1.82, 2.24) is 0 Å². The van der Waals surface area contributed by atoms with Gasteiger partial charge in [-0.25, -0.2) is 0 Å². The maximum atomic E-state index is 5.58. The van der Waals surface area contributed by atoms with Gasteiger partial charge in [-0.2, -0.15) is 0 Å². The summed E-state index contributed by atoms with van der Waals surface area (Å²) in [5.74, 6) is 0.755. The Labute approximate surface area is 64.9 Å². The predicted molar refractivity (Wildman–Crippen MR) is 44.7 cm³/mol. The van der Waals surface area contributed by atoms with Crippen LogP contribution in [-0.2, 0) is 0 Å². The monoisotopic (exact) mass is 163 g/mol. The minimum absolute atomic E-state index is 0.480. The van der Waals surface area contributed by atoms with Crippen molar-refractivity contribution >= 4 is 28.9 Å². The van der Waals surface area contributed by atoms with E-state index >= 15 is 0 Å². The molecule has 9 heavy (non-hydrogen) atoms. The summed E-state index contributed by atoms with van der Waals surface area (Å²) in [5.41, 5.74) is 1.93. The van der Waals surface area contributed by atoms with Crippen molar-refractivity contribution < 1.29 is 0 Å². The fraction of sp³-hybridized carbons (Fsp3) is 0.833. The van der Waals surface area contributed by atoms with E-state index in [0.29, 0.717) is 11.3 Å². The summed E-state index contributed by atoms with van der Waals surface area (Å²) in [7, 11) is 0. The third kappa shape index (κ3) is 1.87. The zero-order chi connectivity index (χ0) is 6.69. The number of nitrogens with zero attached hydrogens (tertiary/aromatic N) is 1. The minimum atomic E-state index is 0.480. The summed E-state index contributed by atoms with van der Waals surface area (Å²) in [6, 6.07) is 0.480. The summed E-state index contributed by atoms with van der Waals surface area (Å²) in [6.07, 6.45) is 1.08. The molecule has 0 N–H and O–H groups in total. The first kappa shape index (κ1) is 7.42. The molecule has 0 aliphatic carbocycles. The Hall–Kier alpha value is 0.310. The van der Waals surface area contributed by atoms with E-state index < -0.39 is 0 Å². The maximum absolute atomic E-state index is 5.58. The van der Waals surface area contributed by atoms with Crippen LogP contribution in [-0.4, -0.2) is 22.7 Å². The number of rotatable bonds is 2. The average Bonchev–Trinajstić information content (AvgIpc) is 2.18. The van der Waals surface area contributed by atoms with Crippen molar-refractivity contribution in [2.75, 3.05) is 5.88 Å². The number of hydrogen-bond donors (Lipinski definition) is 0. The molecule has 0 fully saturated rings. The zero-order valence-corrected chi connectivity index (χ0v) is 6.95. The van der Waals surface area contributed by atoms with Crippen LogP contribution in [0.25, 0.3) is 0 Å². The number of aliphatic imine (C=N–C) groups is 1. The van der Waals surface area contributed by atoms with Crippen LogP contribution in [0.15, 0.2) is 4.99 Å². The van der Waals surface area contributed by atoms with E-state index in [2.05, 4.69) is 11.9 Å². The van der Waals surface area contributed by atoms with Crippen molar-refractivity contribution in [2.24, 2.45) is 4.99 Å². The third-order valence-electron chi connectivity index (χ3n) is 1.46. The van der Waals surface area contributed by atoms with Crippen LogP contribution in [0.3, 0.4) is 0 Å². The van der Waals surface area contributed by atoms with Gasteiger partial charge in [-0.15, -0.1) is 23.4 Å². The molecule has 1 nitrogen and oxygen atoms in total. The van der Waals surface area contributed by atoms with Gasteiger partial charge in [-0.3, -0.25) is 4.99 Å². The smallest absolute Gasteiger partial charge is 0.0600 e. The van der Waals surface area contributed by atoms with Gasteiger partial charge in [0.15, 0.2) is 0 Å². The molecule has 0 aromatic heterocycles. The van der Waals surface area contributed by atoms with Gasteiger partial charge in [-0.1, -0.05) is 0 Å². The molecule has 0 saturated carbocycles. The molecule has 2 unspecified atom stereocenters. The van der Waals surface area contributed by atoms with Crippen molar-refractivity contribution in [2.45, 2.75) is 24.6 Å². The SMILES string of the molecule is CC1N=CSC1CCCl. The highest BCUT2D eigenvalue weighted by Crippen LogP contribution is 2.24. The van der Waals surface area contributed by atoms with Gasteiger partial charge >= 0.3 is 0 Å². The molecule has 0 aromatic rings. The molecule has 1 heterocycles. The number of thioether (sulfide) groups is 1. The molecule has 1 aliphatic rings. The summed E-state index contributed by atoms with van der Waals surface area (Å²) in [5, 5.41) is 0.641. The van der Waals surface area contributed by atoms with Crippen LogP contribution in [0.1, 0.15) is 13.3 Å². The molecule has 0 amide bonds. The lowest BCUT2D eigenvalue weighted by molar-refractivity contribution is 0.690. The maximum Gasteiger partial charge on any atom is 0.0600 e. The molecule has 1 rings (SSSR count). The van der Waals surface area contributed by atoms with Crippen LogP contribution in [0, 0.1) is 0 Å². The van der Waals surface area contributed by atoms with Gasteiger partial charge in [0.05, 0.1) is 11.6 Å². The molecule has 0 saturated heterocycles. The molecule has 1 aliphatic heterocycles. The fourth-order valence-electron chi connectivity index (χ4n) is 0.836. The highest BCUT2D eigenvalue weighted by molar-refractivity contribution is 8.12. The standard InChI is InChI=1S/C6H10ClNS/c1-5-6(2-3-7)9-4-8-5/h4-6H,2-3H2,1H3. The van der Waals surface area contributed by atoms with Crippen molar-refractivity contribution in [3.05, 3.63) is 0 Å². The second kappa shape index (κ2) is 3.47. The molecular weight excluding hydrogens is 154 g/mol. The van der Waals surface area contributed by atoms with Gasteiger partial charge in [0, 0.05) is 11.1 Å². The Morgan fingerprint density at radius 1 is 1.78 bits per heavy atom. The van der Waals surface area contributed by atoms with Crippen molar-refractivity contribution in [3.8, 4) is 0 Å². The quantitative estimate of drug-likeness (QED) is 0.569. The van der Waals surface area contributed by atoms with E-state index in [-0.39, 0.29) is 0 Å². The summed E-state index contributed by atoms with van der Waals surface area (Å²) >= 11 is 7.38. The van der Waals surface area contributed by atoms with E-state index in [0.717, 1.165) is 12.3 Å². The highest BCUT2D eigenvalue weighted by atomic mass is 35.5. The minimum Gasteiger partial charge on any atom is -0.282 e. The highest BCUT2D eigenvalue weighted by Gasteiger charge is 2.19. The van der Waals surface area contributed by atoms with Crippen LogP contribution in [0.2, 0.25) is 0 Å². The zero-order valence-electron chi connectivity index (χ0n) is 5.38. The van der Waals surface area contributed by atoms with Gasteiger partial charge < -0.3 is 0 Å². The molecule has 0 aromatic carbocycles. The Morgan fingerprint density at radius 2 is 2.56 bits per heavy atom. The first-order valence-electron chi connectivity index (χ1n) is 3.07. The average molecular weight is 164 g/mol. The van der Waals surface area contributed by atoms with E-state index in [1.54, 1.807) is 11.8 Å². The molecular formula is C6H10ClNS. The van der Waals surface area contributed by atoms with Crippen LogP contribution >= 0.6 is 23.4 Å². The van der Waals surface area contributed by atoms with E-state index in [1.807, 2.05) is 5.55 Å². The predicted octanol–water partition coefficient (Wildman–Crippen LogP) is 2.15. The summed E-state index contributed by atoms with van der Waals surface area (Å²) in [4.78, 5) is 4.22. The van der Waals surface area contributed by atoms with Gasteiger partial charge in [-0.05, 0) is 13.3 Å². The second-order valence-corrected chi connectivity index (χ2v) is 3.61. The van der Waals surface area contributed by atoms with Crippen LogP contribution < -0.4 is 0 Å². The lowest BCUT2D eigenvalue weighted by Gasteiger charge is -2.09. The van der Waals surface area contributed by atoms with E-state index in [4.69, 9.17) is 11.6 Å². The van der Waals surface area contributed by atoms with Crippen molar-refractivity contribution in [1.29, 1.82) is 0 Å². The van der Waals surface area contributed by atoms with Gasteiger partial charge in [0.2, 0.25) is 0 Å². The lowest BCUT2D eigenvalue weighted by Crippen LogP contribution is -2.13. The molecule has 2 atom stereocenters. The van der Waals surface area contributed by atoms with Gasteiger partial charge in [0.25, 0.3) is 0 Å². The Balaban J connectivity index is 2.28. The van der Waals surface area contributed by atoms with Gasteiger partial charge in [0.1, 0.15) is 0 Å². The Kier molecular flexibility index (Phi) is 2.86. The lowest BCUT2D eigenvalue weighted by atomic mass is 10.2. The largest absolute Gasteiger partial charge is 0.282 e. The Morgan fingerprint density at radius 3 is 3.00 bits per heavy atom. The Bertz CT molecular complexity index is 116. The molecule has 52 valence electrons. The molecule has 0 radical (unpaired) electrons. The van der Waals surface area contributed by atoms with E-state index in [9.17, 15) is 0 Å². The van der Waals surface area contributed by atoms with Crippen LogP contribution in [0.5, 0.6) is 0 Å². The number of hydrogen-bond acceptors (Lipinski definition) is 2. The first-order valence-corrected chi connectivity index (χ1v) is 4.55. The first-order chi connectivity index (χ1) is 4.34. The normalized spacial score (nSPS) is 33.6. The van der Waals surface area contributed by atoms with Crippen molar-refractivity contribution in [3.63, 3.8) is 0 Å². The van der Waals surface area contributed by atoms with E-state index in [1.165, 1.54) is 0 Å². The second-order valence-electron chi connectivity index (χ2n) is 2.15. The number of halogens is 1. The summed E-state index contributed by atoms with van der Waals surface area (Å²) in [6.45, 7) is 2.13. The molecule has 0 spiro atoms. The topological polar surface area (TPSA) is 12.4 Å².